The summed E-state index contributed by atoms with van der Waals surface area (Å²) < 4.78 is 14.7. The average Bonchev–Trinajstić information content (AvgIpc) is 2.97. The Bertz CT molecular complexity index is 1490. The highest BCUT2D eigenvalue weighted by Gasteiger charge is 2.23. The van der Waals surface area contributed by atoms with Crippen LogP contribution in [0, 0.1) is 12.7 Å². The third kappa shape index (κ3) is 4.63. The summed E-state index contributed by atoms with van der Waals surface area (Å²) in [5, 5.41) is 13.0. The number of fused-ring (bicyclic) bond motifs is 3. The van der Waals surface area contributed by atoms with Crippen LogP contribution in [0.3, 0.4) is 0 Å². The highest BCUT2D eigenvalue weighted by atomic mass is 35.5. The molecule has 176 valence electrons. The Morgan fingerprint density at radius 3 is 2.63 bits per heavy atom. The van der Waals surface area contributed by atoms with Gasteiger partial charge in [0.05, 0.1) is 23.5 Å². The lowest BCUT2D eigenvalue weighted by Crippen LogP contribution is -2.07. The fraction of sp³-hybridized carbons (Fsp3) is 0.111. The van der Waals surface area contributed by atoms with Gasteiger partial charge in [0.2, 0.25) is 5.95 Å². The highest BCUT2D eigenvalue weighted by molar-refractivity contribution is 6.31. The number of rotatable bonds is 4. The molecule has 0 saturated heterocycles. The average molecular weight is 489 g/mol. The topological polar surface area (TPSA) is 87.5 Å². The number of aromatic carboxylic acids is 1. The fourth-order valence-electron chi connectivity index (χ4n) is 3.93. The summed E-state index contributed by atoms with van der Waals surface area (Å²) in [5.74, 6) is -1.08. The van der Waals surface area contributed by atoms with Crippen molar-refractivity contribution in [3.63, 3.8) is 0 Å². The number of benzene rings is 3. The number of nitrogens with one attached hydrogen (secondary N) is 1. The monoisotopic (exact) mass is 488 g/mol. The minimum Gasteiger partial charge on any atom is -0.478 e. The first-order valence-corrected chi connectivity index (χ1v) is 10.8. The van der Waals surface area contributed by atoms with Gasteiger partial charge >= 0.3 is 5.97 Å². The van der Waals surface area contributed by atoms with E-state index in [0.29, 0.717) is 44.8 Å². The fourth-order valence-corrected chi connectivity index (χ4v) is 4.10. The highest BCUT2D eigenvalue weighted by Crippen LogP contribution is 2.34. The molecule has 6 nitrogen and oxygen atoms in total. The predicted octanol–water partition coefficient (Wildman–Crippen LogP) is 6.67. The van der Waals surface area contributed by atoms with Gasteiger partial charge in [-0.3, -0.25) is 4.99 Å². The van der Waals surface area contributed by atoms with E-state index in [1.54, 1.807) is 61.7 Å². The van der Waals surface area contributed by atoms with Crippen LogP contribution in [0.2, 0.25) is 5.02 Å². The van der Waals surface area contributed by atoms with E-state index in [1.165, 1.54) is 6.07 Å². The van der Waals surface area contributed by atoms with Crippen LogP contribution in [0.1, 0.15) is 40.0 Å². The maximum Gasteiger partial charge on any atom is 0.336 e. The van der Waals surface area contributed by atoms with Crippen LogP contribution in [-0.2, 0) is 6.54 Å². The van der Waals surface area contributed by atoms with Crippen molar-refractivity contribution in [2.45, 2.75) is 20.9 Å². The zero-order valence-electron chi connectivity index (χ0n) is 18.0. The Hall–Kier alpha value is -4.10. The van der Waals surface area contributed by atoms with E-state index in [1.807, 2.05) is 6.07 Å². The van der Waals surface area contributed by atoms with Crippen LogP contribution >= 0.6 is 11.6 Å². The Labute approximate surface area is 207 Å². The first-order chi connectivity index (χ1) is 16.4. The number of halogens is 2. The first-order valence-electron chi connectivity index (χ1n) is 10.5. The molecule has 35 heavy (non-hydrogen) atoms. The lowest BCUT2D eigenvalue weighted by Gasteiger charge is -2.13. The molecule has 4 aromatic rings. The lowest BCUT2D eigenvalue weighted by atomic mass is 9.95. The zero-order chi connectivity index (χ0) is 23.8. The van der Waals surface area contributed by atoms with Gasteiger partial charge in [0.25, 0.3) is 0 Å². The third-order valence-corrected chi connectivity index (χ3v) is 5.85. The molecule has 0 unspecified atom stereocenters. The second-order valence-corrected chi connectivity index (χ2v) is 8.30. The van der Waals surface area contributed by atoms with Crippen LogP contribution in [-0.4, -0.2) is 26.8 Å². The number of carboxylic acids is 1. The van der Waals surface area contributed by atoms with Crippen LogP contribution in [0.4, 0.5) is 16.0 Å². The summed E-state index contributed by atoms with van der Waals surface area (Å²) in [7, 11) is 0. The molecule has 2 heterocycles. The molecular formula is C27H22ClFN4O2. The van der Waals surface area contributed by atoms with E-state index in [0.717, 1.165) is 11.1 Å². The Morgan fingerprint density at radius 2 is 1.86 bits per heavy atom. The van der Waals surface area contributed by atoms with Crippen molar-refractivity contribution in [2.24, 2.45) is 4.99 Å². The molecule has 5 rings (SSSR count). The van der Waals surface area contributed by atoms with Gasteiger partial charge in [-0.25, -0.2) is 19.2 Å². The number of hydrogen-bond acceptors (Lipinski definition) is 5. The Morgan fingerprint density at radius 1 is 1.06 bits per heavy atom. The third-order valence-electron chi connectivity index (χ3n) is 5.62. The van der Waals surface area contributed by atoms with Crippen molar-refractivity contribution in [1.82, 2.24) is 9.97 Å². The first kappa shape index (κ1) is 24.0. The van der Waals surface area contributed by atoms with Crippen LogP contribution in [0.5, 0.6) is 0 Å². The molecule has 0 saturated carbocycles. The summed E-state index contributed by atoms with van der Waals surface area (Å²) in [4.78, 5) is 25.3. The van der Waals surface area contributed by atoms with Crippen molar-refractivity contribution in [3.8, 4) is 11.3 Å². The zero-order valence-corrected chi connectivity index (χ0v) is 18.8. The van der Waals surface area contributed by atoms with Gasteiger partial charge in [-0.2, -0.15) is 0 Å². The molecule has 0 atom stereocenters. The van der Waals surface area contributed by atoms with E-state index in [4.69, 9.17) is 16.6 Å². The summed E-state index contributed by atoms with van der Waals surface area (Å²) in [6.45, 7) is 2.00. The molecular weight excluding hydrogens is 467 g/mol. The molecule has 1 aliphatic heterocycles. The lowest BCUT2D eigenvalue weighted by molar-refractivity contribution is 0.0696. The molecule has 0 bridgehead atoms. The van der Waals surface area contributed by atoms with Crippen molar-refractivity contribution in [2.75, 3.05) is 5.32 Å². The number of aryl methyl sites for hydroxylation is 1. The van der Waals surface area contributed by atoms with E-state index >= 15 is 0 Å². The van der Waals surface area contributed by atoms with Crippen molar-refractivity contribution in [1.29, 1.82) is 0 Å². The van der Waals surface area contributed by atoms with Crippen molar-refractivity contribution < 1.29 is 14.3 Å². The second kappa shape index (κ2) is 9.64. The van der Waals surface area contributed by atoms with Crippen LogP contribution in [0.25, 0.3) is 11.3 Å². The van der Waals surface area contributed by atoms with Crippen LogP contribution in [0.15, 0.2) is 71.9 Å². The smallest absolute Gasteiger partial charge is 0.336 e. The summed E-state index contributed by atoms with van der Waals surface area (Å²) in [6, 6.07) is 16.9. The maximum absolute atomic E-state index is 14.7. The molecule has 0 aliphatic carbocycles. The van der Waals surface area contributed by atoms with Gasteiger partial charge in [0, 0.05) is 39.2 Å². The van der Waals surface area contributed by atoms with E-state index < -0.39 is 5.97 Å². The number of anilines is 2. The second-order valence-electron chi connectivity index (χ2n) is 7.86. The summed E-state index contributed by atoms with van der Waals surface area (Å²) >= 11 is 6.30. The number of carbonyl (C=O) groups is 1. The van der Waals surface area contributed by atoms with Gasteiger partial charge in [-0.15, -0.1) is 0 Å². The number of hydrogen-bond donors (Lipinski definition) is 2. The van der Waals surface area contributed by atoms with E-state index in [-0.39, 0.29) is 25.4 Å². The van der Waals surface area contributed by atoms with Gasteiger partial charge in [-0.05, 0) is 48.9 Å². The standard InChI is InChI=1S/C26H18ClFN4O2.CH4/c1-14-6-8-17(11-20(14)25(33)34)31-26-30-13-15-12-29-24(19-4-2-3-5-22(19)28)21-10-16(27)7-9-18(21)23(15)32-26;/h2-11,13H,12H2,1H3,(H,33,34)(H,30,31,32);1H4. The molecule has 1 aromatic heterocycles. The Balaban J connectivity index is 0.00000289. The molecule has 8 heteroatoms. The maximum atomic E-state index is 14.7. The number of aromatic nitrogens is 2. The molecule has 0 amide bonds. The minimum absolute atomic E-state index is 0. The Kier molecular flexibility index (Phi) is 6.62. The van der Waals surface area contributed by atoms with Crippen molar-refractivity contribution in [3.05, 3.63) is 106 Å². The number of aliphatic imine (C=N–C) groups is 1. The summed E-state index contributed by atoms with van der Waals surface area (Å²) in [6.07, 6.45) is 1.67. The normalized spacial score (nSPS) is 11.9. The summed E-state index contributed by atoms with van der Waals surface area (Å²) in [5.41, 5.74) is 5.12. The predicted molar refractivity (Wildman–Crippen MR) is 136 cm³/mol. The van der Waals surface area contributed by atoms with Gasteiger partial charge < -0.3 is 10.4 Å². The largest absolute Gasteiger partial charge is 0.478 e. The molecule has 2 N–H and O–H groups in total. The molecule has 0 spiro atoms. The minimum atomic E-state index is -1.01. The van der Waals surface area contributed by atoms with Gasteiger partial charge in [0.15, 0.2) is 0 Å². The molecule has 1 aliphatic rings. The SMILES string of the molecule is C.Cc1ccc(Nc2ncc3c(n2)-c2ccc(Cl)cc2C(c2ccccc2F)=NC3)cc1C(=O)O. The molecule has 0 radical (unpaired) electrons. The number of carboxylic acid groups (broad SMARTS) is 1. The quantitative estimate of drug-likeness (QED) is 0.335. The van der Waals surface area contributed by atoms with E-state index in [9.17, 15) is 14.3 Å². The van der Waals surface area contributed by atoms with Crippen LogP contribution < -0.4 is 5.32 Å². The van der Waals surface area contributed by atoms with Gasteiger partial charge in [0.1, 0.15) is 5.82 Å². The van der Waals surface area contributed by atoms with E-state index in [2.05, 4.69) is 15.3 Å². The molecule has 0 fully saturated rings. The molecule has 3 aromatic carbocycles. The van der Waals surface area contributed by atoms with Gasteiger partial charge in [-0.1, -0.05) is 43.3 Å². The number of nitrogens with zero attached hydrogens (tertiary/aromatic N) is 3. The van der Waals surface area contributed by atoms with Crippen molar-refractivity contribution >= 4 is 34.9 Å².